The fraction of sp³-hybridized carbons (Fsp3) is 0.263. The topological polar surface area (TPSA) is 13.1 Å². The predicted molar refractivity (Wildman–Crippen MR) is 82.2 cm³/mol. The summed E-state index contributed by atoms with van der Waals surface area (Å²) in [5.74, 6) is 2.32. The largest absolute Gasteiger partial charge is 0.469 e. The minimum absolute atomic E-state index is 0.565. The average Bonchev–Trinajstić information content (AvgIpc) is 3.02. The summed E-state index contributed by atoms with van der Waals surface area (Å²) in [7, 11) is 0. The Bertz CT molecular complexity index is 768. The third kappa shape index (κ3) is 1.70. The normalized spacial score (nSPS) is 21.3. The van der Waals surface area contributed by atoms with Gasteiger partial charge in [-0.1, -0.05) is 30.3 Å². The second-order valence-electron chi connectivity index (χ2n) is 5.93. The minimum Gasteiger partial charge on any atom is -0.469 e. The zero-order valence-corrected chi connectivity index (χ0v) is 11.9. The molecule has 4 rings (SSSR count). The van der Waals surface area contributed by atoms with E-state index in [1.165, 1.54) is 33.9 Å². The maximum Gasteiger partial charge on any atom is 0.107 e. The van der Waals surface area contributed by atoms with Gasteiger partial charge in [0.2, 0.25) is 0 Å². The zero-order chi connectivity index (χ0) is 13.7. The van der Waals surface area contributed by atoms with Gasteiger partial charge in [-0.25, -0.2) is 0 Å². The van der Waals surface area contributed by atoms with Crippen LogP contribution in [0.3, 0.4) is 0 Å². The average molecular weight is 262 g/mol. The molecule has 1 heterocycles. The highest BCUT2D eigenvalue weighted by molar-refractivity contribution is 5.90. The molecule has 0 saturated heterocycles. The van der Waals surface area contributed by atoms with E-state index in [1.54, 1.807) is 6.26 Å². The number of rotatable bonds is 2. The van der Waals surface area contributed by atoms with Crippen molar-refractivity contribution in [3.63, 3.8) is 0 Å². The van der Waals surface area contributed by atoms with Crippen molar-refractivity contribution in [2.45, 2.75) is 32.1 Å². The van der Waals surface area contributed by atoms with Crippen molar-refractivity contribution in [1.82, 2.24) is 0 Å². The summed E-state index contributed by atoms with van der Waals surface area (Å²) in [5.41, 5.74) is 4.31. The Hall–Kier alpha value is -2.02. The first-order chi connectivity index (χ1) is 9.75. The van der Waals surface area contributed by atoms with Gasteiger partial charge in [0.25, 0.3) is 0 Å². The number of aryl methyl sites for hydroxylation is 2. The quantitative estimate of drug-likeness (QED) is 0.609. The van der Waals surface area contributed by atoms with E-state index in [0.29, 0.717) is 11.8 Å². The summed E-state index contributed by atoms with van der Waals surface area (Å²) in [6.07, 6.45) is 2.99. The van der Waals surface area contributed by atoms with Crippen LogP contribution in [0.2, 0.25) is 0 Å². The van der Waals surface area contributed by atoms with E-state index in [9.17, 15) is 0 Å². The highest BCUT2D eigenvalue weighted by Gasteiger charge is 2.43. The summed E-state index contributed by atoms with van der Waals surface area (Å²) in [5, 5.41) is 2.81. The summed E-state index contributed by atoms with van der Waals surface area (Å²) in [4.78, 5) is 0. The Kier molecular flexibility index (Phi) is 2.50. The molecule has 1 nitrogen and oxygen atoms in total. The van der Waals surface area contributed by atoms with Gasteiger partial charge in [-0.15, -0.1) is 0 Å². The third-order valence-electron chi connectivity index (χ3n) is 4.57. The van der Waals surface area contributed by atoms with Crippen molar-refractivity contribution in [2.75, 3.05) is 0 Å². The molecule has 2 atom stereocenters. The van der Waals surface area contributed by atoms with Crippen molar-refractivity contribution in [3.05, 3.63) is 71.2 Å². The van der Waals surface area contributed by atoms with Crippen molar-refractivity contribution in [1.29, 1.82) is 0 Å². The van der Waals surface area contributed by atoms with Gasteiger partial charge in [-0.2, -0.15) is 0 Å². The van der Waals surface area contributed by atoms with E-state index >= 15 is 0 Å². The maximum atomic E-state index is 5.58. The third-order valence-corrected chi connectivity index (χ3v) is 4.57. The molecular weight excluding hydrogens is 244 g/mol. The van der Waals surface area contributed by atoms with Crippen LogP contribution in [0.1, 0.15) is 40.7 Å². The summed E-state index contributed by atoms with van der Waals surface area (Å²) in [6.45, 7) is 4.45. The molecule has 0 radical (unpaired) electrons. The van der Waals surface area contributed by atoms with E-state index < -0.39 is 0 Å². The first-order valence-electron chi connectivity index (χ1n) is 7.28. The van der Waals surface area contributed by atoms with Gasteiger partial charge < -0.3 is 4.42 Å². The van der Waals surface area contributed by atoms with Gasteiger partial charge >= 0.3 is 0 Å². The number of hydrogen-bond acceptors (Lipinski definition) is 1. The van der Waals surface area contributed by atoms with Crippen molar-refractivity contribution < 1.29 is 4.42 Å². The standard InChI is InChI=1S/C19H18O/c1-12-10-13(2)19(15-7-4-3-6-14(12)15)17-11-16(17)18-8-5-9-20-18/h3-10,16-17H,11H2,1-2H3. The molecule has 0 N–H and O–H groups in total. The van der Waals surface area contributed by atoms with Gasteiger partial charge in [0.1, 0.15) is 5.76 Å². The van der Waals surface area contributed by atoms with Gasteiger partial charge in [-0.05, 0) is 65.8 Å². The fourth-order valence-corrected chi connectivity index (χ4v) is 3.58. The summed E-state index contributed by atoms with van der Waals surface area (Å²) in [6, 6.07) is 15.2. The lowest BCUT2D eigenvalue weighted by Crippen LogP contribution is -1.93. The van der Waals surface area contributed by atoms with Gasteiger partial charge in [0.15, 0.2) is 0 Å². The Balaban J connectivity index is 1.85. The van der Waals surface area contributed by atoms with E-state index in [2.05, 4.69) is 50.2 Å². The molecule has 20 heavy (non-hydrogen) atoms. The lowest BCUT2D eigenvalue weighted by Gasteiger charge is -2.12. The Morgan fingerprint density at radius 3 is 2.45 bits per heavy atom. The molecule has 1 saturated carbocycles. The molecule has 1 heteroatoms. The Labute approximate surface area is 119 Å². The molecule has 1 aromatic heterocycles. The molecule has 2 unspecified atom stereocenters. The van der Waals surface area contributed by atoms with Gasteiger partial charge in [0, 0.05) is 5.92 Å². The Morgan fingerprint density at radius 2 is 1.70 bits per heavy atom. The highest BCUT2D eigenvalue weighted by atomic mass is 16.3. The maximum absolute atomic E-state index is 5.58. The van der Waals surface area contributed by atoms with Crippen LogP contribution in [0.5, 0.6) is 0 Å². The van der Waals surface area contributed by atoms with E-state index in [-0.39, 0.29) is 0 Å². The zero-order valence-electron chi connectivity index (χ0n) is 11.9. The lowest BCUT2D eigenvalue weighted by molar-refractivity contribution is 0.509. The first-order valence-corrected chi connectivity index (χ1v) is 7.28. The van der Waals surface area contributed by atoms with E-state index in [0.717, 1.165) is 5.76 Å². The SMILES string of the molecule is Cc1cc(C)c2ccccc2c1C1CC1c1ccco1. The molecule has 0 amide bonds. The number of hydrogen-bond donors (Lipinski definition) is 0. The molecule has 3 aromatic rings. The van der Waals surface area contributed by atoms with E-state index in [4.69, 9.17) is 4.42 Å². The minimum atomic E-state index is 0.565. The van der Waals surface area contributed by atoms with Crippen molar-refractivity contribution >= 4 is 10.8 Å². The molecule has 0 bridgehead atoms. The summed E-state index contributed by atoms with van der Waals surface area (Å²) < 4.78 is 5.58. The fourth-order valence-electron chi connectivity index (χ4n) is 3.58. The molecule has 0 spiro atoms. The molecule has 1 fully saturated rings. The van der Waals surface area contributed by atoms with Crippen LogP contribution in [-0.4, -0.2) is 0 Å². The smallest absolute Gasteiger partial charge is 0.107 e. The first kappa shape index (κ1) is 11.8. The van der Waals surface area contributed by atoms with Gasteiger partial charge in [0.05, 0.1) is 6.26 Å². The van der Waals surface area contributed by atoms with Crippen LogP contribution in [-0.2, 0) is 0 Å². The number of benzene rings is 2. The lowest BCUT2D eigenvalue weighted by atomic mass is 9.92. The molecule has 100 valence electrons. The van der Waals surface area contributed by atoms with Crippen LogP contribution in [0.4, 0.5) is 0 Å². The number of furan rings is 1. The van der Waals surface area contributed by atoms with Crippen molar-refractivity contribution in [3.8, 4) is 0 Å². The predicted octanol–water partition coefficient (Wildman–Crippen LogP) is 5.32. The highest BCUT2D eigenvalue weighted by Crippen LogP contribution is 2.57. The van der Waals surface area contributed by atoms with Crippen LogP contribution in [0.25, 0.3) is 10.8 Å². The number of fused-ring (bicyclic) bond motifs is 1. The summed E-state index contributed by atoms with van der Waals surface area (Å²) >= 11 is 0. The molecule has 0 aliphatic heterocycles. The Morgan fingerprint density at radius 1 is 0.900 bits per heavy atom. The van der Waals surface area contributed by atoms with Gasteiger partial charge in [-0.3, -0.25) is 0 Å². The second kappa shape index (κ2) is 4.24. The van der Waals surface area contributed by atoms with Crippen LogP contribution >= 0.6 is 0 Å². The van der Waals surface area contributed by atoms with Crippen LogP contribution in [0, 0.1) is 13.8 Å². The van der Waals surface area contributed by atoms with Crippen LogP contribution in [0.15, 0.2) is 53.1 Å². The molecule has 2 aromatic carbocycles. The molecule has 1 aliphatic carbocycles. The van der Waals surface area contributed by atoms with Crippen LogP contribution < -0.4 is 0 Å². The monoisotopic (exact) mass is 262 g/mol. The van der Waals surface area contributed by atoms with E-state index in [1.807, 2.05) is 6.07 Å². The molecular formula is C19H18O. The second-order valence-corrected chi connectivity index (χ2v) is 5.93. The van der Waals surface area contributed by atoms with Crippen molar-refractivity contribution in [2.24, 2.45) is 0 Å². The molecule has 1 aliphatic rings.